The van der Waals surface area contributed by atoms with Crippen LogP contribution in [0.3, 0.4) is 0 Å². The first-order chi connectivity index (χ1) is 9.61. The topological polar surface area (TPSA) is 64.3 Å². The summed E-state index contributed by atoms with van der Waals surface area (Å²) < 4.78 is 0. The normalized spacial score (nSPS) is 18.6. The summed E-state index contributed by atoms with van der Waals surface area (Å²) in [7, 11) is 0. The van der Waals surface area contributed by atoms with Crippen LogP contribution in [0, 0.1) is 17.2 Å². The van der Waals surface area contributed by atoms with Crippen molar-refractivity contribution in [3.05, 3.63) is 28.8 Å². The Kier molecular flexibility index (Phi) is 4.86. The van der Waals surface area contributed by atoms with Crippen LogP contribution in [-0.2, 0) is 4.79 Å². The molecule has 0 radical (unpaired) electrons. The van der Waals surface area contributed by atoms with Crippen LogP contribution < -0.4 is 4.90 Å². The molecule has 1 unspecified atom stereocenters. The van der Waals surface area contributed by atoms with Crippen LogP contribution in [0.1, 0.15) is 31.2 Å². The summed E-state index contributed by atoms with van der Waals surface area (Å²) >= 11 is 6.06. The van der Waals surface area contributed by atoms with Crippen molar-refractivity contribution in [3.63, 3.8) is 0 Å². The molecule has 5 heteroatoms. The Bertz CT molecular complexity index is 539. The molecule has 0 aliphatic carbocycles. The van der Waals surface area contributed by atoms with Gasteiger partial charge in [-0.3, -0.25) is 4.79 Å². The van der Waals surface area contributed by atoms with Crippen LogP contribution in [0.5, 0.6) is 0 Å². The zero-order valence-corrected chi connectivity index (χ0v) is 11.9. The molecule has 1 aliphatic rings. The molecule has 4 nitrogen and oxygen atoms in total. The number of rotatable bonds is 4. The van der Waals surface area contributed by atoms with Gasteiger partial charge in [0, 0.05) is 19.5 Å². The van der Waals surface area contributed by atoms with E-state index in [1.807, 2.05) is 12.1 Å². The third kappa shape index (κ3) is 3.43. The van der Waals surface area contributed by atoms with E-state index in [1.54, 1.807) is 6.07 Å². The largest absolute Gasteiger partial charge is 0.481 e. The van der Waals surface area contributed by atoms with E-state index in [0.717, 1.165) is 31.6 Å². The Labute approximate surface area is 123 Å². The van der Waals surface area contributed by atoms with E-state index in [1.165, 1.54) is 0 Å². The third-order valence-corrected chi connectivity index (χ3v) is 4.04. The minimum absolute atomic E-state index is 0.207. The van der Waals surface area contributed by atoms with Gasteiger partial charge in [0.1, 0.15) is 6.07 Å². The van der Waals surface area contributed by atoms with Crippen molar-refractivity contribution in [3.8, 4) is 6.07 Å². The number of benzene rings is 1. The van der Waals surface area contributed by atoms with E-state index in [4.69, 9.17) is 16.7 Å². The molecule has 1 aromatic rings. The Morgan fingerprint density at radius 3 is 3.05 bits per heavy atom. The van der Waals surface area contributed by atoms with Crippen LogP contribution in [-0.4, -0.2) is 24.2 Å². The molecule has 1 aliphatic heterocycles. The van der Waals surface area contributed by atoms with Crippen molar-refractivity contribution < 1.29 is 9.90 Å². The number of nitrogens with zero attached hydrogens (tertiary/aromatic N) is 2. The van der Waals surface area contributed by atoms with Gasteiger partial charge < -0.3 is 10.0 Å². The summed E-state index contributed by atoms with van der Waals surface area (Å²) in [4.78, 5) is 12.8. The number of carboxylic acids is 1. The zero-order valence-electron chi connectivity index (χ0n) is 11.2. The zero-order chi connectivity index (χ0) is 14.5. The van der Waals surface area contributed by atoms with Crippen LogP contribution in [0.25, 0.3) is 0 Å². The molecule has 0 aromatic heterocycles. The van der Waals surface area contributed by atoms with Gasteiger partial charge in [-0.15, -0.1) is 0 Å². The molecule has 1 atom stereocenters. The molecule has 1 saturated heterocycles. The minimum atomic E-state index is -0.748. The molecule has 2 rings (SSSR count). The molecular weight excluding hydrogens is 276 g/mol. The standard InChI is InChI=1S/C15H17ClN2O2/c16-13-4-1-5-14(12(13)9-17)18-8-2-3-11(10-18)6-7-15(19)20/h1,4-5,11H,2-3,6-8,10H2,(H,19,20). The predicted molar refractivity (Wildman–Crippen MR) is 78.0 cm³/mol. The highest BCUT2D eigenvalue weighted by molar-refractivity contribution is 6.32. The molecule has 1 fully saturated rings. The fraction of sp³-hybridized carbons (Fsp3) is 0.467. The summed E-state index contributed by atoms with van der Waals surface area (Å²) in [6.45, 7) is 1.68. The van der Waals surface area contributed by atoms with Crippen LogP contribution in [0.4, 0.5) is 5.69 Å². The van der Waals surface area contributed by atoms with Crippen molar-refractivity contribution in [2.24, 2.45) is 5.92 Å². The quantitative estimate of drug-likeness (QED) is 0.925. The van der Waals surface area contributed by atoms with Crippen molar-refractivity contribution in [1.29, 1.82) is 5.26 Å². The highest BCUT2D eigenvalue weighted by Gasteiger charge is 2.23. The van der Waals surface area contributed by atoms with E-state index in [0.29, 0.717) is 22.9 Å². The number of aliphatic carboxylic acids is 1. The van der Waals surface area contributed by atoms with Crippen molar-refractivity contribution >= 4 is 23.3 Å². The van der Waals surface area contributed by atoms with Gasteiger partial charge in [-0.2, -0.15) is 5.26 Å². The maximum atomic E-state index is 10.7. The first-order valence-corrected chi connectivity index (χ1v) is 7.15. The van der Waals surface area contributed by atoms with E-state index in [2.05, 4.69) is 11.0 Å². The van der Waals surface area contributed by atoms with E-state index in [9.17, 15) is 10.1 Å². The molecule has 0 saturated carbocycles. The second-order valence-corrected chi connectivity index (χ2v) is 5.54. The number of carboxylic acid groups (broad SMARTS) is 1. The van der Waals surface area contributed by atoms with E-state index < -0.39 is 5.97 Å². The molecule has 1 aromatic carbocycles. The number of halogens is 1. The van der Waals surface area contributed by atoms with Gasteiger partial charge in [-0.25, -0.2) is 0 Å². The van der Waals surface area contributed by atoms with Crippen LogP contribution in [0.2, 0.25) is 5.02 Å². The van der Waals surface area contributed by atoms with Gasteiger partial charge >= 0.3 is 5.97 Å². The Balaban J connectivity index is 2.11. The van der Waals surface area contributed by atoms with Gasteiger partial charge in [-0.05, 0) is 37.3 Å². The molecule has 0 bridgehead atoms. The first kappa shape index (κ1) is 14.7. The van der Waals surface area contributed by atoms with Gasteiger partial charge in [0.15, 0.2) is 0 Å². The number of anilines is 1. The number of piperidine rings is 1. The fourth-order valence-corrected chi connectivity index (χ4v) is 2.95. The van der Waals surface area contributed by atoms with Crippen molar-refractivity contribution in [1.82, 2.24) is 0 Å². The molecule has 20 heavy (non-hydrogen) atoms. The first-order valence-electron chi connectivity index (χ1n) is 6.77. The maximum absolute atomic E-state index is 10.7. The Morgan fingerprint density at radius 1 is 1.55 bits per heavy atom. The molecule has 1 heterocycles. The summed E-state index contributed by atoms with van der Waals surface area (Å²) in [5.74, 6) is -0.382. The number of nitriles is 1. The highest BCUT2D eigenvalue weighted by atomic mass is 35.5. The maximum Gasteiger partial charge on any atom is 0.303 e. The lowest BCUT2D eigenvalue weighted by Gasteiger charge is -2.35. The smallest absolute Gasteiger partial charge is 0.303 e. The molecule has 0 amide bonds. The van der Waals surface area contributed by atoms with Crippen molar-refractivity contribution in [2.45, 2.75) is 25.7 Å². The monoisotopic (exact) mass is 292 g/mol. The minimum Gasteiger partial charge on any atom is -0.481 e. The Morgan fingerprint density at radius 2 is 2.35 bits per heavy atom. The SMILES string of the molecule is N#Cc1c(Cl)cccc1N1CCCC(CCC(=O)O)C1. The summed E-state index contributed by atoms with van der Waals surface area (Å²) in [5, 5.41) is 18.5. The summed E-state index contributed by atoms with van der Waals surface area (Å²) in [6, 6.07) is 7.63. The lowest BCUT2D eigenvalue weighted by Crippen LogP contribution is -2.36. The highest BCUT2D eigenvalue weighted by Crippen LogP contribution is 2.31. The van der Waals surface area contributed by atoms with E-state index >= 15 is 0 Å². The fourth-order valence-electron chi connectivity index (χ4n) is 2.73. The molecule has 1 N–H and O–H groups in total. The summed E-state index contributed by atoms with van der Waals surface area (Å²) in [5.41, 5.74) is 1.37. The molecule has 106 valence electrons. The second kappa shape index (κ2) is 6.62. The predicted octanol–water partition coefficient (Wildman–Crippen LogP) is 3.29. The second-order valence-electron chi connectivity index (χ2n) is 5.13. The van der Waals surface area contributed by atoms with Gasteiger partial charge in [-0.1, -0.05) is 17.7 Å². The van der Waals surface area contributed by atoms with Gasteiger partial charge in [0.05, 0.1) is 16.3 Å². The lowest BCUT2D eigenvalue weighted by molar-refractivity contribution is -0.137. The average Bonchev–Trinajstić information content (AvgIpc) is 2.45. The van der Waals surface area contributed by atoms with Crippen LogP contribution >= 0.6 is 11.6 Å². The lowest BCUT2D eigenvalue weighted by atomic mass is 9.92. The third-order valence-electron chi connectivity index (χ3n) is 3.73. The summed E-state index contributed by atoms with van der Waals surface area (Å²) in [6.07, 6.45) is 2.96. The molecule has 0 spiro atoms. The van der Waals surface area contributed by atoms with Gasteiger partial charge in [0.25, 0.3) is 0 Å². The average molecular weight is 293 g/mol. The van der Waals surface area contributed by atoms with E-state index in [-0.39, 0.29) is 6.42 Å². The van der Waals surface area contributed by atoms with Crippen molar-refractivity contribution in [2.75, 3.05) is 18.0 Å². The number of carbonyl (C=O) groups is 1. The number of hydrogen-bond donors (Lipinski definition) is 1. The number of hydrogen-bond acceptors (Lipinski definition) is 3. The Hall–Kier alpha value is -1.73. The van der Waals surface area contributed by atoms with Gasteiger partial charge in [0.2, 0.25) is 0 Å². The van der Waals surface area contributed by atoms with Crippen LogP contribution in [0.15, 0.2) is 18.2 Å². The molecular formula is C15H17ClN2O2.